The fourth-order valence-electron chi connectivity index (χ4n) is 10.3. The maximum Gasteiger partial charge on any atom is 0.315 e. The van der Waals surface area contributed by atoms with Crippen LogP contribution in [0.5, 0.6) is 11.5 Å². The molecule has 32 heteroatoms. The van der Waals surface area contributed by atoms with Gasteiger partial charge in [0.2, 0.25) is 0 Å². The number of nitrogens with two attached hydrogens (primary N) is 4. The van der Waals surface area contributed by atoms with E-state index in [9.17, 15) is 53.4 Å². The summed E-state index contributed by atoms with van der Waals surface area (Å²) < 4.78 is 0. The highest BCUT2D eigenvalue weighted by atomic mass is 16.3. The van der Waals surface area contributed by atoms with Crippen LogP contribution >= 0.6 is 0 Å². The van der Waals surface area contributed by atoms with Crippen molar-refractivity contribution in [3.05, 3.63) is 95.6 Å². The highest BCUT2D eigenvalue weighted by Crippen LogP contribution is 2.14. The molecule has 0 aliphatic rings. The Morgan fingerprint density at radius 1 is 0.364 bits per heavy atom. The average molecular weight is 1390 g/mol. The van der Waals surface area contributed by atoms with Crippen molar-refractivity contribution in [2.24, 2.45) is 40.7 Å². The molecular weight excluding hydrogens is 1270 g/mol. The minimum atomic E-state index is -0.755. The van der Waals surface area contributed by atoms with E-state index < -0.39 is 103 Å². The van der Waals surface area contributed by atoms with E-state index in [1.807, 2.05) is 71.9 Å². The first-order chi connectivity index (χ1) is 47.2. The van der Waals surface area contributed by atoms with Crippen molar-refractivity contribution in [1.82, 2.24) is 90.4 Å². The van der Waals surface area contributed by atoms with Crippen LogP contribution in [0.4, 0.5) is 43.2 Å². The first kappa shape index (κ1) is 83.8. The number of phenolic OH excluding ortho intramolecular Hbond substituents is 2. The summed E-state index contributed by atoms with van der Waals surface area (Å²) in [7, 11) is 0. The van der Waals surface area contributed by atoms with Crippen molar-refractivity contribution >= 4 is 54.3 Å². The monoisotopic (exact) mass is 1390 g/mol. The topological polar surface area (TPSA) is 503 Å². The van der Waals surface area contributed by atoms with Gasteiger partial charge in [0.05, 0.1) is 24.2 Å². The first-order valence-electron chi connectivity index (χ1n) is 34.3. The Kier molecular flexibility index (Phi) is 40.2. The standard InChI is InChI=1S/C67H115N21O11/c1-42(2)29-52(84-63(95)76-36-51(18-12-14-28-69)82-61(93)74-34-49(70)30-47-19-23-55(89)24-20-47)38-78-67(99)88-58(44(5)6)41-80-65(97)86-54(31-46-15-9-8-10-16-46)39-77-62(94)83-50(17-11-13-27-68)35-75-60(92)81-45(7)33-73-66(98)87-57(43(3)4)40-79-64(96)85-53(37-72-59(71)91)32-48-21-25-56(90)26-22-48/h8-10,15-16,19-26,42-45,49-54,57-58,89-90H,11-14,17-18,27-41,68-70H2,1-7H3,(H3,71,72,91)(H2,73,87,98)(H2,74,82,93)(H2,75,81,92)(H2,76,84,95)(H2,77,83,94)(H2,78,88,99)(H2,79,85,96)(H2,80,86,97)/t45-,49-,50-,51-,52-,53-,54-,57+,58+/m0/s1. The van der Waals surface area contributed by atoms with Gasteiger partial charge in [-0.3, -0.25) is 0 Å². The molecule has 554 valence electrons. The lowest BCUT2D eigenvalue weighted by atomic mass is 10.0. The van der Waals surface area contributed by atoms with Crippen LogP contribution in [-0.4, -0.2) is 191 Å². The van der Waals surface area contributed by atoms with Gasteiger partial charge in [0.25, 0.3) is 0 Å². The normalized spacial score (nSPS) is 13.8. The van der Waals surface area contributed by atoms with E-state index in [0.717, 1.165) is 29.5 Å². The van der Waals surface area contributed by atoms with Gasteiger partial charge >= 0.3 is 54.3 Å². The maximum atomic E-state index is 13.6. The number of carbonyl (C=O) groups is 9. The largest absolute Gasteiger partial charge is 0.508 e. The second-order valence-corrected chi connectivity index (χ2v) is 26.1. The van der Waals surface area contributed by atoms with Gasteiger partial charge in [-0.25, -0.2) is 43.2 Å². The maximum absolute atomic E-state index is 13.6. The van der Waals surface area contributed by atoms with Gasteiger partial charge in [0.15, 0.2) is 0 Å². The van der Waals surface area contributed by atoms with E-state index in [-0.39, 0.29) is 94.2 Å². The third-order valence-electron chi connectivity index (χ3n) is 15.9. The quantitative estimate of drug-likeness (QED) is 0.0361. The number of hydrogen-bond donors (Lipinski definition) is 23. The summed E-state index contributed by atoms with van der Waals surface area (Å²) in [5.41, 5.74) is 25.7. The summed E-state index contributed by atoms with van der Waals surface area (Å²) in [6.45, 7) is 14.8. The number of carbonyl (C=O) groups excluding carboxylic acids is 9. The van der Waals surface area contributed by atoms with Gasteiger partial charge < -0.3 is 124 Å². The Hall–Kier alpha value is -9.43. The van der Waals surface area contributed by atoms with Crippen molar-refractivity contribution in [3.63, 3.8) is 0 Å². The summed E-state index contributed by atoms with van der Waals surface area (Å²) >= 11 is 0. The van der Waals surface area contributed by atoms with Gasteiger partial charge in [-0.05, 0) is 130 Å². The van der Waals surface area contributed by atoms with Gasteiger partial charge in [-0.2, -0.15) is 0 Å². The summed E-state index contributed by atoms with van der Waals surface area (Å²) in [4.78, 5) is 118. The molecule has 0 saturated carbocycles. The Labute approximate surface area is 582 Å². The number of nitrogens with one attached hydrogen (secondary N) is 17. The third-order valence-corrected chi connectivity index (χ3v) is 15.9. The van der Waals surface area contributed by atoms with E-state index in [1.54, 1.807) is 43.3 Å². The third kappa shape index (κ3) is 39.5. The van der Waals surface area contributed by atoms with Gasteiger partial charge in [-0.1, -0.05) is 109 Å². The Morgan fingerprint density at radius 3 is 1.11 bits per heavy atom. The van der Waals surface area contributed by atoms with Crippen molar-refractivity contribution in [2.45, 2.75) is 167 Å². The molecule has 0 spiro atoms. The van der Waals surface area contributed by atoms with Crippen molar-refractivity contribution in [2.75, 3.05) is 72.0 Å². The number of unbranched alkanes of at least 4 members (excludes halogenated alkanes) is 2. The number of urea groups is 9. The molecule has 0 aromatic heterocycles. The Morgan fingerprint density at radius 2 is 0.697 bits per heavy atom. The highest BCUT2D eigenvalue weighted by Gasteiger charge is 2.25. The molecule has 32 nitrogen and oxygen atoms in total. The number of rotatable bonds is 44. The molecular formula is C67H115N21O11. The predicted molar refractivity (Wildman–Crippen MR) is 383 cm³/mol. The van der Waals surface area contributed by atoms with Crippen LogP contribution in [0.15, 0.2) is 78.9 Å². The molecule has 0 aliphatic heterocycles. The molecule has 3 aromatic carbocycles. The van der Waals surface area contributed by atoms with Crippen molar-refractivity contribution in [1.29, 1.82) is 0 Å². The first-order valence-corrected chi connectivity index (χ1v) is 34.3. The van der Waals surface area contributed by atoms with E-state index in [0.29, 0.717) is 64.5 Å². The number of primary amides is 1. The predicted octanol–water partition coefficient (Wildman–Crippen LogP) is 2.10. The number of amides is 18. The zero-order chi connectivity index (χ0) is 73.1. The van der Waals surface area contributed by atoms with Gasteiger partial charge in [0.1, 0.15) is 11.5 Å². The minimum Gasteiger partial charge on any atom is -0.508 e. The van der Waals surface area contributed by atoms with Crippen LogP contribution in [0, 0.1) is 17.8 Å². The Bertz CT molecular complexity index is 2860. The number of aromatic hydroxyl groups is 2. The van der Waals surface area contributed by atoms with Crippen LogP contribution in [-0.2, 0) is 19.3 Å². The molecule has 0 fully saturated rings. The molecule has 9 atom stereocenters. The molecule has 99 heavy (non-hydrogen) atoms. The van der Waals surface area contributed by atoms with Crippen LogP contribution < -0.4 is 113 Å². The summed E-state index contributed by atoms with van der Waals surface area (Å²) in [6, 6.07) is 13.2. The molecule has 0 radical (unpaired) electrons. The summed E-state index contributed by atoms with van der Waals surface area (Å²) in [5, 5.41) is 67.5. The number of phenols is 2. The van der Waals surface area contributed by atoms with E-state index in [1.165, 1.54) is 12.1 Å². The smallest absolute Gasteiger partial charge is 0.315 e. The van der Waals surface area contributed by atoms with E-state index >= 15 is 0 Å². The average Bonchev–Trinajstić information content (AvgIpc) is 1.01. The molecule has 0 aliphatic carbocycles. The molecule has 0 saturated heterocycles. The summed E-state index contributed by atoms with van der Waals surface area (Å²) in [6.07, 6.45) is 5.52. The van der Waals surface area contributed by atoms with E-state index in [2.05, 4.69) is 90.4 Å². The molecule has 3 rings (SSSR count). The lowest BCUT2D eigenvalue weighted by molar-refractivity contribution is 0.221. The molecule has 0 bridgehead atoms. The molecule has 3 aromatic rings. The molecule has 27 N–H and O–H groups in total. The van der Waals surface area contributed by atoms with Gasteiger partial charge in [0, 0.05) is 89.1 Å². The van der Waals surface area contributed by atoms with Crippen LogP contribution in [0.3, 0.4) is 0 Å². The highest BCUT2D eigenvalue weighted by molar-refractivity contribution is 5.79. The lowest BCUT2D eigenvalue weighted by Gasteiger charge is -2.26. The number of hydrogen-bond acceptors (Lipinski definition) is 14. The SMILES string of the molecule is CC(C)C[C@@H](CNC(=O)N[C@H](CNC(=O)N[C@H](CNC(=O)N[C@@H](CCCCN)CNC(=O)N[C@@H](C)CNC(=O)N[C@H](CNC(=O)N[C@H](CNC(N)=O)Cc1ccc(O)cc1)C(C)C)Cc1ccccc1)C(C)C)NC(=O)NC[C@H](CCCCN)NC(=O)NC[C@@H](N)Cc1ccc(O)cc1. The van der Waals surface area contributed by atoms with Crippen molar-refractivity contribution in [3.8, 4) is 11.5 Å². The Balaban J connectivity index is 1.49. The minimum absolute atomic E-state index is 0.0158. The lowest BCUT2D eigenvalue weighted by Crippen LogP contribution is -2.56. The molecule has 0 heterocycles. The van der Waals surface area contributed by atoms with Crippen LogP contribution in [0.1, 0.15) is 110 Å². The van der Waals surface area contributed by atoms with Gasteiger partial charge in [-0.15, -0.1) is 0 Å². The van der Waals surface area contributed by atoms with Crippen LogP contribution in [0.25, 0.3) is 0 Å². The molecule has 18 amide bonds. The van der Waals surface area contributed by atoms with E-state index in [4.69, 9.17) is 22.9 Å². The fourth-order valence-corrected chi connectivity index (χ4v) is 10.3. The summed E-state index contributed by atoms with van der Waals surface area (Å²) in [5.74, 6) is 0.160. The fraction of sp³-hybridized carbons (Fsp3) is 0.597. The molecule has 0 unspecified atom stereocenters. The number of benzene rings is 3. The van der Waals surface area contributed by atoms with Crippen molar-refractivity contribution < 1.29 is 53.4 Å². The second-order valence-electron chi connectivity index (χ2n) is 26.1. The second kappa shape index (κ2) is 47.5. The zero-order valence-corrected chi connectivity index (χ0v) is 58.7. The van der Waals surface area contributed by atoms with Crippen LogP contribution in [0.2, 0.25) is 0 Å². The zero-order valence-electron chi connectivity index (χ0n) is 58.7.